The van der Waals surface area contributed by atoms with E-state index in [0.29, 0.717) is 17.4 Å². The molecule has 5 rings (SSSR count). The van der Waals surface area contributed by atoms with Crippen LogP contribution in [0.15, 0.2) is 24.3 Å². The molecule has 168 valence electrons. The van der Waals surface area contributed by atoms with Gasteiger partial charge < -0.3 is 20.2 Å². The second-order valence-corrected chi connectivity index (χ2v) is 9.68. The molecule has 1 aromatic rings. The lowest BCUT2D eigenvalue weighted by Crippen LogP contribution is -2.56. The van der Waals surface area contributed by atoms with Crippen molar-refractivity contribution in [1.29, 1.82) is 0 Å². The van der Waals surface area contributed by atoms with Crippen LogP contribution in [0.4, 0.5) is 0 Å². The van der Waals surface area contributed by atoms with E-state index in [4.69, 9.17) is 21.5 Å². The van der Waals surface area contributed by atoms with Crippen molar-refractivity contribution >= 4 is 29.9 Å². The molecule has 1 saturated carbocycles. The molecule has 0 aromatic heterocycles. The molecule has 2 N–H and O–H groups in total. The summed E-state index contributed by atoms with van der Waals surface area (Å²) < 4.78 is 0. The summed E-state index contributed by atoms with van der Waals surface area (Å²) in [5, 5.41) is 10.9. The summed E-state index contributed by atoms with van der Waals surface area (Å²) in [7, 11) is 0. The minimum absolute atomic E-state index is 0.110. The quantitative estimate of drug-likeness (QED) is 0.689. The van der Waals surface area contributed by atoms with Crippen molar-refractivity contribution in [3.05, 3.63) is 34.9 Å². The van der Waals surface area contributed by atoms with Crippen LogP contribution in [-0.4, -0.2) is 71.5 Å². The van der Waals surface area contributed by atoms with Crippen molar-refractivity contribution in [2.45, 2.75) is 37.6 Å². The number of benzene rings is 1. The van der Waals surface area contributed by atoms with Crippen LogP contribution in [0.3, 0.4) is 0 Å². The summed E-state index contributed by atoms with van der Waals surface area (Å²) in [5.74, 6) is 1.77. The highest BCUT2D eigenvalue weighted by molar-refractivity contribution is 6.31. The Morgan fingerprint density at radius 2 is 1.90 bits per heavy atom. The number of likely N-dealkylation sites (tertiary alicyclic amines) is 2. The third-order valence-electron chi connectivity index (χ3n) is 7.34. The van der Waals surface area contributed by atoms with E-state index in [-0.39, 0.29) is 29.7 Å². The summed E-state index contributed by atoms with van der Waals surface area (Å²) in [6.07, 6.45) is 4.79. The highest BCUT2D eigenvalue weighted by atomic mass is 35.5. The molecule has 31 heavy (non-hydrogen) atoms. The van der Waals surface area contributed by atoms with Crippen molar-refractivity contribution in [2.75, 3.05) is 32.7 Å². The SMILES string of the molecule is O=C1NC2(CCN(C(=O)Cc3ccccc3Cl)CC2)[C@H]2CN(CC3CC3)C[C@@H]12.O=CO. The predicted molar refractivity (Wildman–Crippen MR) is 117 cm³/mol. The van der Waals surface area contributed by atoms with Gasteiger partial charge in [-0.2, -0.15) is 0 Å². The van der Waals surface area contributed by atoms with Crippen molar-refractivity contribution < 1.29 is 19.5 Å². The molecule has 0 bridgehead atoms. The number of carbonyl (C=O) groups excluding carboxylic acids is 2. The first-order valence-electron chi connectivity index (χ1n) is 11.1. The van der Waals surface area contributed by atoms with Gasteiger partial charge in [0.25, 0.3) is 6.47 Å². The third-order valence-corrected chi connectivity index (χ3v) is 7.70. The molecular formula is C23H30ClN3O4. The van der Waals surface area contributed by atoms with Gasteiger partial charge in [-0.25, -0.2) is 0 Å². The van der Waals surface area contributed by atoms with E-state index in [1.54, 1.807) is 0 Å². The van der Waals surface area contributed by atoms with Gasteiger partial charge in [0, 0.05) is 49.2 Å². The Balaban J connectivity index is 0.000000730. The van der Waals surface area contributed by atoms with Crippen molar-refractivity contribution in [3.63, 3.8) is 0 Å². The summed E-state index contributed by atoms with van der Waals surface area (Å²) in [4.78, 5) is 38.2. The van der Waals surface area contributed by atoms with Gasteiger partial charge in [0.15, 0.2) is 0 Å². The molecule has 3 saturated heterocycles. The molecule has 7 nitrogen and oxygen atoms in total. The first-order chi connectivity index (χ1) is 15.0. The molecule has 0 radical (unpaired) electrons. The number of nitrogens with zero attached hydrogens (tertiary/aromatic N) is 2. The highest BCUT2D eigenvalue weighted by Crippen LogP contribution is 2.45. The monoisotopic (exact) mass is 447 g/mol. The molecule has 3 aliphatic heterocycles. The molecule has 1 spiro atoms. The van der Waals surface area contributed by atoms with Gasteiger partial charge in [-0.15, -0.1) is 0 Å². The lowest BCUT2D eigenvalue weighted by Gasteiger charge is -2.43. The Bertz CT molecular complexity index is 836. The Kier molecular flexibility index (Phi) is 6.53. The highest BCUT2D eigenvalue weighted by Gasteiger charge is 2.57. The molecule has 4 fully saturated rings. The lowest BCUT2D eigenvalue weighted by molar-refractivity contribution is -0.132. The van der Waals surface area contributed by atoms with Gasteiger partial charge in [-0.3, -0.25) is 14.4 Å². The first-order valence-corrected chi connectivity index (χ1v) is 11.5. The number of carbonyl (C=O) groups is 3. The average Bonchev–Trinajstić information content (AvgIpc) is 3.40. The summed E-state index contributed by atoms with van der Waals surface area (Å²) in [6, 6.07) is 7.55. The molecule has 1 aromatic carbocycles. The van der Waals surface area contributed by atoms with E-state index in [2.05, 4.69) is 10.2 Å². The smallest absolute Gasteiger partial charge is 0.290 e. The zero-order valence-electron chi connectivity index (χ0n) is 17.6. The maximum Gasteiger partial charge on any atom is 0.290 e. The number of hydrogen-bond acceptors (Lipinski definition) is 4. The zero-order chi connectivity index (χ0) is 22.0. The van der Waals surface area contributed by atoms with Crippen molar-refractivity contribution in [2.24, 2.45) is 17.8 Å². The van der Waals surface area contributed by atoms with Gasteiger partial charge in [0.1, 0.15) is 0 Å². The van der Waals surface area contributed by atoms with Crippen molar-refractivity contribution in [3.8, 4) is 0 Å². The Morgan fingerprint density at radius 1 is 1.23 bits per heavy atom. The van der Waals surface area contributed by atoms with Crippen LogP contribution in [0.5, 0.6) is 0 Å². The normalized spacial score (nSPS) is 26.7. The van der Waals surface area contributed by atoms with Gasteiger partial charge in [0.05, 0.1) is 12.3 Å². The Hall–Kier alpha value is -2.12. The zero-order valence-corrected chi connectivity index (χ0v) is 18.4. The number of rotatable bonds is 4. The van der Waals surface area contributed by atoms with Crippen LogP contribution in [0, 0.1) is 17.8 Å². The van der Waals surface area contributed by atoms with Crippen LogP contribution in [0.25, 0.3) is 0 Å². The maximum atomic E-state index is 12.8. The second-order valence-electron chi connectivity index (χ2n) is 9.27. The fourth-order valence-electron chi connectivity index (χ4n) is 5.52. The molecule has 1 aliphatic carbocycles. The Labute approximate surface area is 187 Å². The lowest BCUT2D eigenvalue weighted by atomic mass is 9.75. The second kappa shape index (κ2) is 9.17. The van der Waals surface area contributed by atoms with E-state index < -0.39 is 0 Å². The Morgan fingerprint density at radius 3 is 2.55 bits per heavy atom. The van der Waals surface area contributed by atoms with Crippen LogP contribution in [0.2, 0.25) is 5.02 Å². The van der Waals surface area contributed by atoms with E-state index in [1.807, 2.05) is 29.2 Å². The number of piperidine rings is 1. The standard InChI is InChI=1S/C22H28ClN3O2.CH2O2/c23-19-4-2-1-3-16(19)11-20(27)26-9-7-22(8-10-26)18-14-25(12-15-5-6-15)13-17(18)21(28)24-22;2-1-3/h1-4,15,17-18H,5-14H2,(H,24,28);1H,(H,2,3)/t17-,18+;/m1./s1. The van der Waals surface area contributed by atoms with Gasteiger partial charge in [-0.05, 0) is 43.2 Å². The summed E-state index contributed by atoms with van der Waals surface area (Å²) >= 11 is 6.21. The van der Waals surface area contributed by atoms with Gasteiger partial charge in [-0.1, -0.05) is 29.8 Å². The molecule has 4 aliphatic rings. The van der Waals surface area contributed by atoms with E-state index in [1.165, 1.54) is 19.4 Å². The topological polar surface area (TPSA) is 90.0 Å². The predicted octanol–water partition coefficient (Wildman–Crippen LogP) is 2.03. The van der Waals surface area contributed by atoms with Crippen LogP contribution in [0.1, 0.15) is 31.2 Å². The minimum Gasteiger partial charge on any atom is -0.483 e. The number of carboxylic acid groups (broad SMARTS) is 1. The molecule has 2 amide bonds. The number of fused-ring (bicyclic) bond motifs is 2. The number of amides is 2. The fraction of sp³-hybridized carbons (Fsp3) is 0.609. The number of hydrogen-bond donors (Lipinski definition) is 2. The molecular weight excluding hydrogens is 418 g/mol. The molecule has 2 atom stereocenters. The molecule has 3 heterocycles. The summed E-state index contributed by atoms with van der Waals surface area (Å²) in [5.41, 5.74) is 0.775. The van der Waals surface area contributed by atoms with Crippen LogP contribution in [-0.2, 0) is 20.8 Å². The van der Waals surface area contributed by atoms with E-state index in [0.717, 1.165) is 50.5 Å². The molecule has 0 unspecified atom stereocenters. The minimum atomic E-state index is -0.250. The number of halogens is 1. The number of nitrogens with one attached hydrogen (secondary N) is 1. The largest absolute Gasteiger partial charge is 0.483 e. The van der Waals surface area contributed by atoms with Crippen LogP contribution < -0.4 is 5.32 Å². The summed E-state index contributed by atoms with van der Waals surface area (Å²) in [6.45, 7) is 4.31. The maximum absolute atomic E-state index is 12.8. The molecule has 8 heteroatoms. The van der Waals surface area contributed by atoms with E-state index >= 15 is 0 Å². The average molecular weight is 448 g/mol. The van der Waals surface area contributed by atoms with Gasteiger partial charge in [0.2, 0.25) is 11.8 Å². The van der Waals surface area contributed by atoms with E-state index in [9.17, 15) is 9.59 Å². The third kappa shape index (κ3) is 4.72. The van der Waals surface area contributed by atoms with Gasteiger partial charge >= 0.3 is 0 Å². The first kappa shape index (κ1) is 22.1. The van der Waals surface area contributed by atoms with Crippen LogP contribution >= 0.6 is 11.6 Å². The van der Waals surface area contributed by atoms with Crippen molar-refractivity contribution in [1.82, 2.24) is 15.1 Å². The fourth-order valence-corrected chi connectivity index (χ4v) is 5.73.